The number of hydrogen-bond donors (Lipinski definition) is 3. The van der Waals surface area contributed by atoms with Crippen molar-refractivity contribution in [3.05, 3.63) is 11.9 Å². The molecule has 6 heteroatoms. The Morgan fingerprint density at radius 3 is 2.81 bits per heavy atom. The molecule has 0 bridgehead atoms. The third kappa shape index (κ3) is 2.96. The number of hydrazine groups is 1. The minimum Gasteiger partial charge on any atom is -0.367 e. The highest BCUT2D eigenvalue weighted by atomic mass is 15.3. The van der Waals surface area contributed by atoms with Crippen molar-refractivity contribution in [3.8, 4) is 0 Å². The normalized spacial score (nSPS) is 25.9. The third-order valence-corrected chi connectivity index (χ3v) is 4.76. The zero-order valence-corrected chi connectivity index (χ0v) is 13.0. The fourth-order valence-corrected chi connectivity index (χ4v) is 3.72. The lowest BCUT2D eigenvalue weighted by atomic mass is 9.97. The van der Waals surface area contributed by atoms with Gasteiger partial charge in [-0.3, -0.25) is 0 Å². The second-order valence-corrected chi connectivity index (χ2v) is 6.48. The first kappa shape index (κ1) is 14.5. The van der Waals surface area contributed by atoms with Gasteiger partial charge in [0.15, 0.2) is 0 Å². The van der Waals surface area contributed by atoms with Crippen molar-refractivity contribution in [1.29, 1.82) is 0 Å². The van der Waals surface area contributed by atoms with Gasteiger partial charge in [0.1, 0.15) is 18.0 Å². The van der Waals surface area contributed by atoms with Crippen LogP contribution in [0, 0.1) is 0 Å². The van der Waals surface area contributed by atoms with Crippen LogP contribution in [-0.4, -0.2) is 40.0 Å². The molecule has 3 heterocycles. The van der Waals surface area contributed by atoms with Crippen LogP contribution >= 0.6 is 0 Å². The first-order chi connectivity index (χ1) is 10.2. The molecule has 2 atom stereocenters. The van der Waals surface area contributed by atoms with E-state index in [9.17, 15) is 0 Å². The van der Waals surface area contributed by atoms with Gasteiger partial charge in [0, 0.05) is 24.2 Å². The molecule has 1 aromatic rings. The number of aromatic nitrogens is 2. The fourth-order valence-electron chi connectivity index (χ4n) is 3.72. The Bertz CT molecular complexity index is 489. The number of piperidine rings is 1. The van der Waals surface area contributed by atoms with E-state index in [2.05, 4.69) is 39.5 Å². The molecule has 6 nitrogen and oxygen atoms in total. The van der Waals surface area contributed by atoms with Crippen LogP contribution in [0.5, 0.6) is 0 Å². The Hall–Kier alpha value is -1.40. The van der Waals surface area contributed by atoms with Gasteiger partial charge in [0.25, 0.3) is 0 Å². The van der Waals surface area contributed by atoms with Gasteiger partial charge in [0.05, 0.1) is 0 Å². The summed E-state index contributed by atoms with van der Waals surface area (Å²) >= 11 is 0. The molecule has 0 aromatic carbocycles. The molecule has 2 aliphatic rings. The highest BCUT2D eigenvalue weighted by molar-refractivity contribution is 5.58. The Kier molecular flexibility index (Phi) is 4.26. The van der Waals surface area contributed by atoms with Crippen LogP contribution in [0.25, 0.3) is 0 Å². The minimum atomic E-state index is 0.325. The van der Waals surface area contributed by atoms with Crippen molar-refractivity contribution in [2.45, 2.75) is 57.5 Å². The summed E-state index contributed by atoms with van der Waals surface area (Å²) in [5.74, 6) is 7.57. The third-order valence-electron chi connectivity index (χ3n) is 4.76. The average molecular weight is 290 g/mol. The van der Waals surface area contributed by atoms with Crippen molar-refractivity contribution in [1.82, 2.24) is 14.9 Å². The van der Waals surface area contributed by atoms with E-state index in [0.29, 0.717) is 12.0 Å². The molecule has 116 valence electrons. The predicted molar refractivity (Wildman–Crippen MR) is 85.2 cm³/mol. The van der Waals surface area contributed by atoms with Gasteiger partial charge < -0.3 is 15.6 Å². The molecule has 4 N–H and O–H groups in total. The number of nitrogen functional groups attached to an aromatic ring is 1. The standard InChI is InChI=1S/C15H26N6/c1-10(2)13-14(17-9-18-15(13)20-16)19-11-5-7-21-6-3-4-12(21)8-11/h9-12H,3-8,16H2,1-2H3,(H2,17,18,19,20). The maximum absolute atomic E-state index is 5.59. The Morgan fingerprint density at radius 1 is 1.24 bits per heavy atom. The van der Waals surface area contributed by atoms with E-state index >= 15 is 0 Å². The van der Waals surface area contributed by atoms with E-state index in [-0.39, 0.29) is 0 Å². The highest BCUT2D eigenvalue weighted by Crippen LogP contribution is 2.32. The molecule has 0 spiro atoms. The molecule has 0 aliphatic carbocycles. The number of nitrogens with one attached hydrogen (secondary N) is 2. The van der Waals surface area contributed by atoms with Crippen molar-refractivity contribution < 1.29 is 0 Å². The second kappa shape index (κ2) is 6.15. The molecule has 2 aliphatic heterocycles. The molecule has 2 saturated heterocycles. The maximum atomic E-state index is 5.59. The largest absolute Gasteiger partial charge is 0.367 e. The lowest BCUT2D eigenvalue weighted by Crippen LogP contribution is -2.43. The molecule has 1 aromatic heterocycles. The molecule has 0 amide bonds. The van der Waals surface area contributed by atoms with Crippen molar-refractivity contribution in [3.63, 3.8) is 0 Å². The van der Waals surface area contributed by atoms with Crippen LogP contribution in [0.1, 0.15) is 51.0 Å². The summed E-state index contributed by atoms with van der Waals surface area (Å²) in [6.07, 6.45) is 6.67. The number of hydrogen-bond acceptors (Lipinski definition) is 6. The first-order valence-corrected chi connectivity index (χ1v) is 8.01. The van der Waals surface area contributed by atoms with Gasteiger partial charge in [-0.2, -0.15) is 0 Å². The fraction of sp³-hybridized carbons (Fsp3) is 0.733. The first-order valence-electron chi connectivity index (χ1n) is 8.01. The molecule has 0 saturated carbocycles. The Labute approximate surface area is 126 Å². The van der Waals surface area contributed by atoms with Crippen LogP contribution in [0.15, 0.2) is 6.33 Å². The zero-order valence-electron chi connectivity index (χ0n) is 13.0. The van der Waals surface area contributed by atoms with E-state index < -0.39 is 0 Å². The zero-order chi connectivity index (χ0) is 14.8. The number of fused-ring (bicyclic) bond motifs is 1. The van der Waals surface area contributed by atoms with E-state index in [0.717, 1.165) is 23.2 Å². The average Bonchev–Trinajstić information content (AvgIpc) is 2.94. The van der Waals surface area contributed by atoms with E-state index in [4.69, 9.17) is 5.84 Å². The van der Waals surface area contributed by atoms with Crippen LogP contribution < -0.4 is 16.6 Å². The molecule has 2 unspecified atom stereocenters. The summed E-state index contributed by atoms with van der Waals surface area (Å²) in [6, 6.07) is 1.26. The Balaban J connectivity index is 1.75. The van der Waals surface area contributed by atoms with Crippen molar-refractivity contribution in [2.24, 2.45) is 5.84 Å². The lowest BCUT2D eigenvalue weighted by Gasteiger charge is -2.35. The SMILES string of the molecule is CC(C)c1c(NN)ncnc1NC1CCN2CCCC2C1. The van der Waals surface area contributed by atoms with Crippen LogP contribution in [0.3, 0.4) is 0 Å². The maximum Gasteiger partial charge on any atom is 0.148 e. The molecular weight excluding hydrogens is 264 g/mol. The topological polar surface area (TPSA) is 79.1 Å². The molecular formula is C15H26N6. The van der Waals surface area contributed by atoms with Gasteiger partial charge in [0.2, 0.25) is 0 Å². The van der Waals surface area contributed by atoms with Gasteiger partial charge in [-0.15, -0.1) is 0 Å². The summed E-state index contributed by atoms with van der Waals surface area (Å²) in [7, 11) is 0. The van der Waals surface area contributed by atoms with E-state index in [1.54, 1.807) is 6.33 Å². The number of nitrogens with zero attached hydrogens (tertiary/aromatic N) is 3. The van der Waals surface area contributed by atoms with Crippen LogP contribution in [0.2, 0.25) is 0 Å². The van der Waals surface area contributed by atoms with Gasteiger partial charge in [-0.05, 0) is 38.1 Å². The summed E-state index contributed by atoms with van der Waals surface area (Å²) in [5, 5.41) is 3.64. The molecule has 0 radical (unpaired) electrons. The molecule has 2 fully saturated rings. The van der Waals surface area contributed by atoms with Crippen LogP contribution in [-0.2, 0) is 0 Å². The van der Waals surface area contributed by atoms with Crippen molar-refractivity contribution in [2.75, 3.05) is 23.8 Å². The predicted octanol–water partition coefficient (Wildman–Crippen LogP) is 1.92. The van der Waals surface area contributed by atoms with Gasteiger partial charge >= 0.3 is 0 Å². The summed E-state index contributed by atoms with van der Waals surface area (Å²) in [5.41, 5.74) is 3.77. The molecule has 3 rings (SSSR count). The number of nitrogens with two attached hydrogens (primary N) is 1. The summed E-state index contributed by atoms with van der Waals surface area (Å²) in [6.45, 7) is 6.77. The van der Waals surface area contributed by atoms with Gasteiger partial charge in [-0.25, -0.2) is 15.8 Å². The van der Waals surface area contributed by atoms with Gasteiger partial charge in [-0.1, -0.05) is 13.8 Å². The number of anilines is 2. The summed E-state index contributed by atoms with van der Waals surface area (Å²) < 4.78 is 0. The highest BCUT2D eigenvalue weighted by Gasteiger charge is 2.32. The second-order valence-electron chi connectivity index (χ2n) is 6.48. The van der Waals surface area contributed by atoms with E-state index in [1.807, 2.05) is 0 Å². The summed E-state index contributed by atoms with van der Waals surface area (Å²) in [4.78, 5) is 11.3. The smallest absolute Gasteiger partial charge is 0.148 e. The lowest BCUT2D eigenvalue weighted by molar-refractivity contribution is 0.188. The van der Waals surface area contributed by atoms with Crippen molar-refractivity contribution >= 4 is 11.6 Å². The minimum absolute atomic E-state index is 0.325. The number of rotatable bonds is 4. The van der Waals surface area contributed by atoms with E-state index in [1.165, 1.54) is 38.8 Å². The van der Waals surface area contributed by atoms with Crippen LogP contribution in [0.4, 0.5) is 11.6 Å². The monoisotopic (exact) mass is 290 g/mol. The Morgan fingerprint density at radius 2 is 2.05 bits per heavy atom. The quantitative estimate of drug-likeness (QED) is 0.581. The molecule has 21 heavy (non-hydrogen) atoms.